The average Bonchev–Trinajstić information content (AvgIpc) is 3.01. The lowest BCUT2D eigenvalue weighted by atomic mass is 10.1. The molecule has 6 nitrogen and oxygen atoms in total. The number of thioether (sulfide) groups is 1. The van der Waals surface area contributed by atoms with E-state index in [4.69, 9.17) is 4.74 Å². The van der Waals surface area contributed by atoms with Crippen molar-refractivity contribution in [3.05, 3.63) is 59.4 Å². The number of alkyl halides is 3. The van der Waals surface area contributed by atoms with Gasteiger partial charge in [-0.3, -0.25) is 9.88 Å². The Morgan fingerprint density at radius 1 is 1.45 bits per heavy atom. The van der Waals surface area contributed by atoms with Crippen LogP contribution in [0.1, 0.15) is 42.2 Å². The molecule has 0 unspecified atom stereocenters. The number of benzene rings is 1. The zero-order valence-electron chi connectivity index (χ0n) is 16.8. The van der Waals surface area contributed by atoms with E-state index in [1.54, 1.807) is 38.4 Å². The molecule has 1 amide bonds. The highest BCUT2D eigenvalue weighted by molar-refractivity contribution is 7.99. The maximum atomic E-state index is 13.2. The van der Waals surface area contributed by atoms with Gasteiger partial charge in [0.15, 0.2) is 0 Å². The number of aromatic nitrogens is 1. The summed E-state index contributed by atoms with van der Waals surface area (Å²) < 4.78 is 45.3. The number of carbonyl (C=O) groups is 1. The molecule has 0 bridgehead atoms. The summed E-state index contributed by atoms with van der Waals surface area (Å²) in [6.45, 7) is 3.45. The van der Waals surface area contributed by atoms with E-state index in [1.165, 1.54) is 4.90 Å². The molecule has 164 valence electrons. The fourth-order valence-electron chi connectivity index (χ4n) is 3.55. The number of halogens is 3. The molecule has 2 aromatic rings. The predicted molar refractivity (Wildman–Crippen MR) is 107 cm³/mol. The monoisotopic (exact) mass is 451 g/mol. The molecule has 1 N–H and O–H groups in total. The van der Waals surface area contributed by atoms with Crippen LogP contribution in [0.15, 0.2) is 47.6 Å². The molecule has 1 aromatic carbocycles. The van der Waals surface area contributed by atoms with Crippen LogP contribution >= 0.6 is 11.8 Å². The highest BCUT2D eigenvalue weighted by Crippen LogP contribution is 2.44. The van der Waals surface area contributed by atoms with Gasteiger partial charge >= 0.3 is 12.3 Å². The second-order valence-corrected chi connectivity index (χ2v) is 8.76. The van der Waals surface area contributed by atoms with Gasteiger partial charge in [-0.15, -0.1) is 11.8 Å². The predicted octanol–water partition coefficient (Wildman–Crippen LogP) is 5.31. The molecule has 31 heavy (non-hydrogen) atoms. The lowest BCUT2D eigenvalue weighted by Crippen LogP contribution is -2.47. The van der Waals surface area contributed by atoms with E-state index in [-0.39, 0.29) is 23.5 Å². The van der Waals surface area contributed by atoms with Crippen molar-refractivity contribution >= 4 is 17.9 Å². The zero-order valence-corrected chi connectivity index (χ0v) is 17.6. The van der Waals surface area contributed by atoms with Gasteiger partial charge in [-0.25, -0.2) is 4.79 Å². The number of pyridine rings is 1. The zero-order chi connectivity index (χ0) is 22.8. The Bertz CT molecular complexity index is 993. The van der Waals surface area contributed by atoms with Crippen molar-refractivity contribution in [2.24, 2.45) is 0 Å². The Hall–Kier alpha value is -2.77. The normalized spacial score (nSPS) is 19.1. The highest BCUT2D eigenvalue weighted by Gasteiger charge is 2.45. The Labute approximate surface area is 181 Å². The molecule has 2 heterocycles. The van der Waals surface area contributed by atoms with Crippen molar-refractivity contribution in [3.63, 3.8) is 0 Å². The van der Waals surface area contributed by atoms with E-state index in [2.05, 4.69) is 4.98 Å². The molecule has 1 fully saturated rings. The molecular weight excluding hydrogens is 431 g/mol. The first kappa shape index (κ1) is 22.9. The Kier molecular flexibility index (Phi) is 6.48. The minimum Gasteiger partial charge on any atom is -0.465 e. The standard InChI is InChI=1S/C21H20F3N3O3S/c1-20(2)27(19(28)29)16(12-30-20)9-18(14-4-3-7-26-11-14)31-17-8-15(21(22,23)24)6-5-13(17)10-25/h3-8,11,16,18H,9,12H2,1-2H3,(H,28,29)/t16-,18+/m0/s1. The van der Waals surface area contributed by atoms with Crippen LogP contribution in [0.2, 0.25) is 0 Å². The van der Waals surface area contributed by atoms with Gasteiger partial charge in [0.25, 0.3) is 0 Å². The third-order valence-electron chi connectivity index (χ3n) is 5.02. The fraction of sp³-hybridized carbons (Fsp3) is 0.381. The summed E-state index contributed by atoms with van der Waals surface area (Å²) >= 11 is 1.09. The molecule has 3 rings (SSSR count). The minimum atomic E-state index is -4.55. The summed E-state index contributed by atoms with van der Waals surface area (Å²) in [5, 5.41) is 18.6. The van der Waals surface area contributed by atoms with Crippen LogP contribution in [0.3, 0.4) is 0 Å². The van der Waals surface area contributed by atoms with Gasteiger partial charge < -0.3 is 9.84 Å². The number of carboxylic acid groups (broad SMARTS) is 1. The number of nitriles is 1. The molecule has 1 saturated heterocycles. The van der Waals surface area contributed by atoms with Crippen LogP contribution < -0.4 is 0 Å². The van der Waals surface area contributed by atoms with Crippen molar-refractivity contribution in [1.82, 2.24) is 9.88 Å². The van der Waals surface area contributed by atoms with Crippen LogP contribution in [0.25, 0.3) is 0 Å². The molecule has 1 aliphatic heterocycles. The molecule has 0 aliphatic carbocycles. The second kappa shape index (κ2) is 8.77. The summed E-state index contributed by atoms with van der Waals surface area (Å²) in [6.07, 6.45) is -2.26. The Morgan fingerprint density at radius 2 is 2.19 bits per heavy atom. The summed E-state index contributed by atoms with van der Waals surface area (Å²) in [7, 11) is 0. The lowest BCUT2D eigenvalue weighted by molar-refractivity contribution is -0.137. The summed E-state index contributed by atoms with van der Waals surface area (Å²) in [6, 6.07) is 7.87. The van der Waals surface area contributed by atoms with Crippen molar-refractivity contribution < 1.29 is 27.8 Å². The first-order valence-electron chi connectivity index (χ1n) is 9.37. The second-order valence-electron chi connectivity index (χ2n) is 7.51. The van der Waals surface area contributed by atoms with Gasteiger partial charge in [0, 0.05) is 22.5 Å². The van der Waals surface area contributed by atoms with Crippen LogP contribution in [0.4, 0.5) is 18.0 Å². The maximum absolute atomic E-state index is 13.2. The van der Waals surface area contributed by atoms with Gasteiger partial charge in [-0.1, -0.05) is 6.07 Å². The van der Waals surface area contributed by atoms with E-state index in [0.29, 0.717) is 5.56 Å². The highest BCUT2D eigenvalue weighted by atomic mass is 32.2. The van der Waals surface area contributed by atoms with Gasteiger partial charge in [0.2, 0.25) is 0 Å². The first-order chi connectivity index (χ1) is 14.5. The van der Waals surface area contributed by atoms with Crippen LogP contribution in [0, 0.1) is 11.3 Å². The molecule has 0 saturated carbocycles. The summed E-state index contributed by atoms with van der Waals surface area (Å²) in [4.78, 5) is 17.3. The number of hydrogen-bond donors (Lipinski definition) is 1. The van der Waals surface area contributed by atoms with E-state index in [1.807, 2.05) is 6.07 Å². The molecule has 1 aliphatic rings. The Morgan fingerprint density at radius 3 is 2.77 bits per heavy atom. The SMILES string of the molecule is CC1(C)OC[C@H](C[C@@H](Sc2cc(C(F)(F)F)ccc2C#N)c2cccnc2)N1C(=O)O. The van der Waals surface area contributed by atoms with E-state index in [0.717, 1.165) is 30.0 Å². The van der Waals surface area contributed by atoms with E-state index < -0.39 is 34.8 Å². The molecule has 2 atom stereocenters. The van der Waals surface area contributed by atoms with Crippen molar-refractivity contribution in [3.8, 4) is 6.07 Å². The molecular formula is C21H20F3N3O3S. The topological polar surface area (TPSA) is 86.5 Å². The molecule has 1 aromatic heterocycles. The van der Waals surface area contributed by atoms with Crippen molar-refractivity contribution in [2.45, 2.75) is 48.4 Å². The van der Waals surface area contributed by atoms with Crippen LogP contribution in [-0.4, -0.2) is 39.5 Å². The first-order valence-corrected chi connectivity index (χ1v) is 10.2. The maximum Gasteiger partial charge on any atom is 0.416 e. The summed E-state index contributed by atoms with van der Waals surface area (Å²) in [5.74, 6) is 0. The molecule has 0 spiro atoms. The third kappa shape index (κ3) is 5.11. The van der Waals surface area contributed by atoms with Crippen molar-refractivity contribution in [1.29, 1.82) is 5.26 Å². The fourth-order valence-corrected chi connectivity index (χ4v) is 4.89. The third-order valence-corrected chi connectivity index (χ3v) is 6.36. The smallest absolute Gasteiger partial charge is 0.416 e. The Balaban J connectivity index is 1.97. The molecule has 10 heteroatoms. The van der Waals surface area contributed by atoms with Crippen LogP contribution in [0.5, 0.6) is 0 Å². The number of hydrogen-bond acceptors (Lipinski definition) is 5. The number of nitrogens with zero attached hydrogens (tertiary/aromatic N) is 3. The van der Waals surface area contributed by atoms with Crippen molar-refractivity contribution in [2.75, 3.05) is 6.61 Å². The van der Waals surface area contributed by atoms with Gasteiger partial charge in [-0.05, 0) is 50.1 Å². The lowest BCUT2D eigenvalue weighted by Gasteiger charge is -2.32. The van der Waals surface area contributed by atoms with Gasteiger partial charge in [-0.2, -0.15) is 18.4 Å². The van der Waals surface area contributed by atoms with Crippen LogP contribution in [-0.2, 0) is 10.9 Å². The number of ether oxygens (including phenoxy) is 1. The quantitative estimate of drug-likeness (QED) is 0.620. The summed E-state index contributed by atoms with van der Waals surface area (Å²) in [5.41, 5.74) is -1.04. The van der Waals surface area contributed by atoms with E-state index in [9.17, 15) is 28.3 Å². The minimum absolute atomic E-state index is 0.116. The average molecular weight is 451 g/mol. The van der Waals surface area contributed by atoms with Gasteiger partial charge in [0.05, 0.1) is 23.8 Å². The largest absolute Gasteiger partial charge is 0.465 e. The van der Waals surface area contributed by atoms with Gasteiger partial charge in [0.1, 0.15) is 11.8 Å². The number of amides is 1. The number of rotatable bonds is 5. The van der Waals surface area contributed by atoms with E-state index >= 15 is 0 Å². The molecule has 0 radical (unpaired) electrons.